The minimum Gasteiger partial charge on any atom is -0.324 e. The molecule has 13 heavy (non-hydrogen) atoms. The van der Waals surface area contributed by atoms with E-state index in [4.69, 9.17) is 5.73 Å². The maximum atomic E-state index is 6.10. The molecule has 70 valence electrons. The molecular formula is C11H15NS. The fraction of sp³-hybridized carbons (Fsp3) is 0.455. The summed E-state index contributed by atoms with van der Waals surface area (Å²) in [5.74, 6) is 1.18. The molecule has 1 aliphatic heterocycles. The van der Waals surface area contributed by atoms with Crippen LogP contribution < -0.4 is 5.73 Å². The maximum absolute atomic E-state index is 6.10. The normalized spacial score (nSPS) is 27.8. The minimum atomic E-state index is 0.244. The van der Waals surface area contributed by atoms with E-state index in [1.165, 1.54) is 16.9 Å². The van der Waals surface area contributed by atoms with Gasteiger partial charge in [0.2, 0.25) is 0 Å². The largest absolute Gasteiger partial charge is 0.324 e. The highest BCUT2D eigenvalue weighted by Gasteiger charge is 2.19. The van der Waals surface area contributed by atoms with Gasteiger partial charge in [0.25, 0.3) is 0 Å². The van der Waals surface area contributed by atoms with E-state index >= 15 is 0 Å². The number of benzene rings is 1. The Hall–Kier alpha value is -0.470. The first kappa shape index (κ1) is 9.10. The van der Waals surface area contributed by atoms with Crippen molar-refractivity contribution in [3.63, 3.8) is 0 Å². The van der Waals surface area contributed by atoms with Crippen LogP contribution in [0.5, 0.6) is 0 Å². The predicted molar refractivity (Wildman–Crippen MR) is 58.9 cm³/mol. The van der Waals surface area contributed by atoms with Gasteiger partial charge in [-0.3, -0.25) is 0 Å². The molecule has 1 heterocycles. The third-order valence-corrected chi connectivity index (χ3v) is 3.86. The highest BCUT2D eigenvalue weighted by molar-refractivity contribution is 7.99. The number of nitrogens with two attached hydrogens (primary N) is 1. The summed E-state index contributed by atoms with van der Waals surface area (Å²) in [6.45, 7) is 2.27. The lowest BCUT2D eigenvalue weighted by Gasteiger charge is -2.14. The van der Waals surface area contributed by atoms with E-state index in [1.807, 2.05) is 11.8 Å². The van der Waals surface area contributed by atoms with E-state index in [2.05, 4.69) is 31.2 Å². The number of rotatable bonds is 0. The van der Waals surface area contributed by atoms with Gasteiger partial charge >= 0.3 is 0 Å². The van der Waals surface area contributed by atoms with Crippen molar-refractivity contribution in [1.29, 1.82) is 0 Å². The predicted octanol–water partition coefficient (Wildman–Crippen LogP) is 2.88. The Morgan fingerprint density at radius 1 is 1.31 bits per heavy atom. The smallest absolute Gasteiger partial charge is 0.0305 e. The number of hydrogen-bond acceptors (Lipinski definition) is 2. The molecule has 1 nitrogen and oxygen atoms in total. The molecule has 2 rings (SSSR count). The maximum Gasteiger partial charge on any atom is 0.0305 e. The molecule has 1 aromatic rings. The zero-order chi connectivity index (χ0) is 9.26. The highest BCUT2D eigenvalue weighted by atomic mass is 32.2. The molecule has 2 unspecified atom stereocenters. The van der Waals surface area contributed by atoms with Gasteiger partial charge in [0.15, 0.2) is 0 Å². The van der Waals surface area contributed by atoms with Crippen LogP contribution in [0.15, 0.2) is 24.3 Å². The van der Waals surface area contributed by atoms with Crippen LogP contribution in [0, 0.1) is 0 Å². The SMILES string of the molecule is CC1SCCC(N)c2ccccc21. The lowest BCUT2D eigenvalue weighted by molar-refractivity contribution is 0.704. The summed E-state index contributed by atoms with van der Waals surface area (Å²) in [5, 5.41) is 0.602. The van der Waals surface area contributed by atoms with E-state index in [9.17, 15) is 0 Å². The van der Waals surface area contributed by atoms with Gasteiger partial charge in [-0.2, -0.15) is 11.8 Å². The van der Waals surface area contributed by atoms with Crippen LogP contribution in [0.3, 0.4) is 0 Å². The molecule has 0 bridgehead atoms. The summed E-state index contributed by atoms with van der Waals surface area (Å²) < 4.78 is 0. The van der Waals surface area contributed by atoms with Crippen molar-refractivity contribution in [3.8, 4) is 0 Å². The van der Waals surface area contributed by atoms with E-state index in [1.54, 1.807) is 0 Å². The van der Waals surface area contributed by atoms with Crippen molar-refractivity contribution >= 4 is 11.8 Å². The van der Waals surface area contributed by atoms with Crippen molar-refractivity contribution in [2.24, 2.45) is 5.73 Å². The molecule has 1 aromatic carbocycles. The van der Waals surface area contributed by atoms with E-state index in [-0.39, 0.29) is 6.04 Å². The molecule has 0 saturated carbocycles. The molecule has 0 aromatic heterocycles. The summed E-state index contributed by atoms with van der Waals surface area (Å²) >= 11 is 2.01. The summed E-state index contributed by atoms with van der Waals surface area (Å²) in [5.41, 5.74) is 8.87. The Morgan fingerprint density at radius 3 is 2.77 bits per heavy atom. The first-order chi connectivity index (χ1) is 6.29. The first-order valence-electron chi connectivity index (χ1n) is 4.75. The molecule has 0 saturated heterocycles. The molecule has 2 N–H and O–H groups in total. The van der Waals surface area contributed by atoms with Crippen LogP contribution >= 0.6 is 11.8 Å². The molecule has 0 amide bonds. The van der Waals surface area contributed by atoms with E-state index in [0.29, 0.717) is 5.25 Å². The lowest BCUT2D eigenvalue weighted by atomic mass is 9.98. The second-order valence-corrected chi connectivity index (χ2v) is 4.99. The lowest BCUT2D eigenvalue weighted by Crippen LogP contribution is -2.11. The molecule has 0 spiro atoms. The molecule has 2 heteroatoms. The van der Waals surface area contributed by atoms with Gasteiger partial charge in [0, 0.05) is 11.3 Å². The third kappa shape index (κ3) is 1.74. The standard InChI is InChI=1S/C11H15NS/c1-8-9-4-2-3-5-10(9)11(12)6-7-13-8/h2-5,8,11H,6-7,12H2,1H3. The molecular weight excluding hydrogens is 178 g/mol. The fourth-order valence-corrected chi connectivity index (χ4v) is 2.97. The number of fused-ring (bicyclic) bond motifs is 1. The van der Waals surface area contributed by atoms with Gasteiger partial charge in [-0.05, 0) is 30.2 Å². The van der Waals surface area contributed by atoms with Crippen molar-refractivity contribution < 1.29 is 0 Å². The van der Waals surface area contributed by atoms with Gasteiger partial charge in [0.1, 0.15) is 0 Å². The fourth-order valence-electron chi connectivity index (χ4n) is 1.84. The van der Waals surface area contributed by atoms with Gasteiger partial charge in [0.05, 0.1) is 0 Å². The highest BCUT2D eigenvalue weighted by Crippen LogP contribution is 2.37. The average Bonchev–Trinajstić information content (AvgIpc) is 2.29. The Kier molecular flexibility index (Phi) is 2.61. The van der Waals surface area contributed by atoms with Crippen LogP contribution in [0.25, 0.3) is 0 Å². The zero-order valence-electron chi connectivity index (χ0n) is 7.86. The summed E-state index contributed by atoms with van der Waals surface area (Å²) in [6.07, 6.45) is 1.10. The minimum absolute atomic E-state index is 0.244. The summed E-state index contributed by atoms with van der Waals surface area (Å²) in [4.78, 5) is 0. The molecule has 0 aliphatic carbocycles. The number of thioether (sulfide) groups is 1. The topological polar surface area (TPSA) is 26.0 Å². The molecule has 2 atom stereocenters. The van der Waals surface area contributed by atoms with Crippen molar-refractivity contribution in [3.05, 3.63) is 35.4 Å². The van der Waals surface area contributed by atoms with Crippen molar-refractivity contribution in [1.82, 2.24) is 0 Å². The summed E-state index contributed by atoms with van der Waals surface area (Å²) in [7, 11) is 0. The zero-order valence-corrected chi connectivity index (χ0v) is 8.68. The second-order valence-electron chi connectivity index (χ2n) is 3.54. The average molecular weight is 193 g/mol. The van der Waals surface area contributed by atoms with Crippen LogP contribution in [-0.4, -0.2) is 5.75 Å². The van der Waals surface area contributed by atoms with Gasteiger partial charge in [-0.25, -0.2) is 0 Å². The Morgan fingerprint density at radius 2 is 2.00 bits per heavy atom. The van der Waals surface area contributed by atoms with Crippen molar-refractivity contribution in [2.75, 3.05) is 5.75 Å². The second kappa shape index (κ2) is 3.72. The quantitative estimate of drug-likeness (QED) is 0.685. The van der Waals surface area contributed by atoms with Gasteiger partial charge in [-0.1, -0.05) is 24.3 Å². The van der Waals surface area contributed by atoms with Crippen molar-refractivity contribution in [2.45, 2.75) is 24.6 Å². The molecule has 0 fully saturated rings. The van der Waals surface area contributed by atoms with Gasteiger partial charge in [-0.15, -0.1) is 0 Å². The summed E-state index contributed by atoms with van der Waals surface area (Å²) in [6, 6.07) is 8.81. The van der Waals surface area contributed by atoms with Crippen LogP contribution in [0.1, 0.15) is 35.8 Å². The van der Waals surface area contributed by atoms with Crippen LogP contribution in [-0.2, 0) is 0 Å². The third-order valence-electron chi connectivity index (χ3n) is 2.63. The Bertz CT molecular complexity index is 269. The Balaban J connectivity index is 2.45. The Labute approximate surface area is 83.7 Å². The van der Waals surface area contributed by atoms with Gasteiger partial charge < -0.3 is 5.73 Å². The molecule has 0 radical (unpaired) electrons. The van der Waals surface area contributed by atoms with E-state index in [0.717, 1.165) is 6.42 Å². The van der Waals surface area contributed by atoms with Crippen LogP contribution in [0.4, 0.5) is 0 Å². The van der Waals surface area contributed by atoms with E-state index < -0.39 is 0 Å². The first-order valence-corrected chi connectivity index (χ1v) is 5.80. The molecule has 1 aliphatic rings. The van der Waals surface area contributed by atoms with Crippen LogP contribution in [0.2, 0.25) is 0 Å². The number of hydrogen-bond donors (Lipinski definition) is 1. The monoisotopic (exact) mass is 193 g/mol.